The molecule has 0 aliphatic heterocycles. The molecule has 3 rings (SSSR count). The highest BCUT2D eigenvalue weighted by atomic mass is 35.5. The third-order valence-electron chi connectivity index (χ3n) is 4.42. The summed E-state index contributed by atoms with van der Waals surface area (Å²) in [4.78, 5) is 0. The molecule has 4 nitrogen and oxygen atoms in total. The van der Waals surface area contributed by atoms with Crippen LogP contribution >= 0.6 is 11.6 Å². The van der Waals surface area contributed by atoms with Crippen LogP contribution in [-0.2, 0) is 13.2 Å². The lowest BCUT2D eigenvalue weighted by Gasteiger charge is -2.14. The van der Waals surface area contributed by atoms with Crippen LogP contribution in [0, 0.1) is 0 Å². The van der Waals surface area contributed by atoms with Gasteiger partial charge in [0.2, 0.25) is 0 Å². The molecule has 0 aromatic heterocycles. The molecule has 0 saturated carbocycles. The molecule has 0 heterocycles. The number of rotatable bonds is 9. The number of hydrogen-bond donors (Lipinski definition) is 2. The average Bonchev–Trinajstić information content (AvgIpc) is 2.74. The Balaban J connectivity index is 1.56. The average molecular weight is 398 g/mol. The fourth-order valence-corrected chi connectivity index (χ4v) is 3.05. The first-order valence-corrected chi connectivity index (χ1v) is 9.52. The predicted molar refractivity (Wildman–Crippen MR) is 112 cm³/mol. The van der Waals surface area contributed by atoms with Gasteiger partial charge in [0.25, 0.3) is 0 Å². The maximum Gasteiger partial charge on any atom is 0.161 e. The SMILES string of the molecule is COc1cc(CNCC(O)c2ccccc2)ccc1OCc1ccccc1Cl. The van der Waals surface area contributed by atoms with Gasteiger partial charge in [-0.3, -0.25) is 0 Å². The molecule has 2 N–H and O–H groups in total. The van der Waals surface area contributed by atoms with Gasteiger partial charge >= 0.3 is 0 Å². The van der Waals surface area contributed by atoms with E-state index in [2.05, 4.69) is 5.32 Å². The Hall–Kier alpha value is -2.53. The highest BCUT2D eigenvalue weighted by Gasteiger charge is 2.09. The number of nitrogens with one attached hydrogen (secondary N) is 1. The van der Waals surface area contributed by atoms with Gasteiger partial charge in [-0.25, -0.2) is 0 Å². The van der Waals surface area contributed by atoms with E-state index in [1.54, 1.807) is 7.11 Å². The molecule has 146 valence electrons. The van der Waals surface area contributed by atoms with Crippen LogP contribution in [0.3, 0.4) is 0 Å². The molecule has 3 aromatic rings. The molecule has 0 saturated heterocycles. The van der Waals surface area contributed by atoms with Crippen molar-refractivity contribution in [2.24, 2.45) is 0 Å². The van der Waals surface area contributed by atoms with Crippen LogP contribution in [0.1, 0.15) is 22.8 Å². The maximum absolute atomic E-state index is 10.2. The molecule has 0 aliphatic rings. The highest BCUT2D eigenvalue weighted by Crippen LogP contribution is 2.29. The Morgan fingerprint density at radius 2 is 1.71 bits per heavy atom. The van der Waals surface area contributed by atoms with Crippen molar-refractivity contribution < 1.29 is 14.6 Å². The molecule has 0 spiro atoms. The molecule has 3 aromatic carbocycles. The Labute approximate surface area is 170 Å². The molecule has 1 unspecified atom stereocenters. The number of halogens is 1. The van der Waals surface area contributed by atoms with Crippen LogP contribution in [0.5, 0.6) is 11.5 Å². The summed E-state index contributed by atoms with van der Waals surface area (Å²) in [5, 5.41) is 14.2. The molecule has 1 atom stereocenters. The molecule has 5 heteroatoms. The first-order valence-electron chi connectivity index (χ1n) is 9.14. The summed E-state index contributed by atoms with van der Waals surface area (Å²) >= 11 is 6.18. The van der Waals surface area contributed by atoms with Crippen LogP contribution in [0.25, 0.3) is 0 Å². The number of aliphatic hydroxyl groups excluding tert-OH is 1. The second-order valence-corrected chi connectivity index (χ2v) is 6.83. The van der Waals surface area contributed by atoms with Crippen LogP contribution in [-0.4, -0.2) is 18.8 Å². The fraction of sp³-hybridized carbons (Fsp3) is 0.217. The van der Waals surface area contributed by atoms with Crippen LogP contribution in [0.2, 0.25) is 5.02 Å². The maximum atomic E-state index is 10.2. The zero-order chi connectivity index (χ0) is 19.8. The van der Waals surface area contributed by atoms with E-state index in [0.717, 1.165) is 16.7 Å². The van der Waals surface area contributed by atoms with E-state index in [-0.39, 0.29) is 0 Å². The van der Waals surface area contributed by atoms with E-state index in [1.807, 2.05) is 72.8 Å². The van der Waals surface area contributed by atoms with E-state index < -0.39 is 6.10 Å². The Bertz CT molecular complexity index is 886. The first-order chi connectivity index (χ1) is 13.7. The number of aliphatic hydroxyl groups is 1. The number of methoxy groups -OCH3 is 1. The van der Waals surface area contributed by atoms with Crippen molar-refractivity contribution in [3.05, 3.63) is 94.5 Å². The molecule has 0 radical (unpaired) electrons. The minimum Gasteiger partial charge on any atom is -0.493 e. The fourth-order valence-electron chi connectivity index (χ4n) is 2.86. The third kappa shape index (κ3) is 5.49. The Morgan fingerprint density at radius 3 is 2.46 bits per heavy atom. The van der Waals surface area contributed by atoms with Crippen molar-refractivity contribution in [2.75, 3.05) is 13.7 Å². The first kappa shape index (κ1) is 20.2. The molecular formula is C23H24ClNO3. The quantitative estimate of drug-likeness (QED) is 0.547. The Morgan fingerprint density at radius 1 is 0.964 bits per heavy atom. The summed E-state index contributed by atoms with van der Waals surface area (Å²) in [6, 6.07) is 23.0. The van der Waals surface area contributed by atoms with Gasteiger partial charge < -0.3 is 19.9 Å². The zero-order valence-electron chi connectivity index (χ0n) is 15.8. The van der Waals surface area contributed by atoms with E-state index in [1.165, 1.54) is 0 Å². The second-order valence-electron chi connectivity index (χ2n) is 6.42. The minimum absolute atomic E-state index is 0.372. The van der Waals surface area contributed by atoms with Gasteiger partial charge in [-0.1, -0.05) is 66.2 Å². The largest absolute Gasteiger partial charge is 0.493 e. The van der Waals surface area contributed by atoms with Gasteiger partial charge in [0.1, 0.15) is 6.61 Å². The summed E-state index contributed by atoms with van der Waals surface area (Å²) < 4.78 is 11.3. The van der Waals surface area contributed by atoms with E-state index >= 15 is 0 Å². The van der Waals surface area contributed by atoms with Crippen molar-refractivity contribution in [3.63, 3.8) is 0 Å². The zero-order valence-corrected chi connectivity index (χ0v) is 16.5. The van der Waals surface area contributed by atoms with Gasteiger partial charge in [-0.15, -0.1) is 0 Å². The normalized spacial score (nSPS) is 11.8. The van der Waals surface area contributed by atoms with E-state index in [9.17, 15) is 5.11 Å². The molecular weight excluding hydrogens is 374 g/mol. The van der Waals surface area contributed by atoms with Gasteiger partial charge in [-0.05, 0) is 29.3 Å². The lowest BCUT2D eigenvalue weighted by Crippen LogP contribution is -2.21. The summed E-state index contributed by atoms with van der Waals surface area (Å²) in [5.41, 5.74) is 2.87. The van der Waals surface area contributed by atoms with Crippen LogP contribution in [0.15, 0.2) is 72.8 Å². The predicted octanol–water partition coefficient (Wildman–Crippen LogP) is 4.75. The molecule has 0 fully saturated rings. The van der Waals surface area contributed by atoms with Gasteiger partial charge in [0.15, 0.2) is 11.5 Å². The van der Waals surface area contributed by atoms with E-state index in [0.29, 0.717) is 36.2 Å². The summed E-state index contributed by atoms with van der Waals surface area (Å²) in [6.45, 7) is 1.46. The van der Waals surface area contributed by atoms with Crippen molar-refractivity contribution in [1.82, 2.24) is 5.32 Å². The summed E-state index contributed by atoms with van der Waals surface area (Å²) in [7, 11) is 1.62. The van der Waals surface area contributed by atoms with Crippen molar-refractivity contribution >= 4 is 11.6 Å². The molecule has 0 aliphatic carbocycles. The summed E-state index contributed by atoms with van der Waals surface area (Å²) in [6.07, 6.45) is -0.540. The van der Waals surface area contributed by atoms with Gasteiger partial charge in [0, 0.05) is 23.7 Å². The lowest BCUT2D eigenvalue weighted by molar-refractivity contribution is 0.174. The molecule has 0 bridgehead atoms. The van der Waals surface area contributed by atoms with Gasteiger partial charge in [0.05, 0.1) is 13.2 Å². The highest BCUT2D eigenvalue weighted by molar-refractivity contribution is 6.31. The van der Waals surface area contributed by atoms with E-state index in [4.69, 9.17) is 21.1 Å². The molecule has 28 heavy (non-hydrogen) atoms. The Kier molecular flexibility index (Phi) is 7.31. The van der Waals surface area contributed by atoms with Crippen LogP contribution in [0.4, 0.5) is 0 Å². The second kappa shape index (κ2) is 10.1. The van der Waals surface area contributed by atoms with Crippen LogP contribution < -0.4 is 14.8 Å². The number of ether oxygens (including phenoxy) is 2. The number of hydrogen-bond acceptors (Lipinski definition) is 4. The third-order valence-corrected chi connectivity index (χ3v) is 4.79. The topological polar surface area (TPSA) is 50.7 Å². The van der Waals surface area contributed by atoms with Crippen molar-refractivity contribution in [3.8, 4) is 11.5 Å². The van der Waals surface area contributed by atoms with Crippen molar-refractivity contribution in [2.45, 2.75) is 19.3 Å². The lowest BCUT2D eigenvalue weighted by atomic mass is 10.1. The van der Waals surface area contributed by atoms with Gasteiger partial charge in [-0.2, -0.15) is 0 Å². The monoisotopic (exact) mass is 397 g/mol. The standard InChI is InChI=1S/C23H24ClNO3/c1-27-23-13-17(14-25-15-21(26)18-7-3-2-4-8-18)11-12-22(23)28-16-19-9-5-6-10-20(19)24/h2-13,21,25-26H,14-16H2,1H3. The summed E-state index contributed by atoms with van der Waals surface area (Å²) in [5.74, 6) is 1.32. The van der Waals surface area contributed by atoms with Crippen molar-refractivity contribution in [1.29, 1.82) is 0 Å². The molecule has 0 amide bonds. The number of benzene rings is 3. The minimum atomic E-state index is -0.540. The smallest absolute Gasteiger partial charge is 0.161 e.